The summed E-state index contributed by atoms with van der Waals surface area (Å²) in [6, 6.07) is 19.3. The van der Waals surface area contributed by atoms with Gasteiger partial charge in [0.15, 0.2) is 0 Å². The first-order valence-electron chi connectivity index (χ1n) is 11.1. The minimum Gasteiger partial charge on any atom is -1.00 e. The molecule has 3 aromatic carbocycles. The number of halogens is 2. The molecule has 3 aromatic rings. The molecular formula is C29H36Cl2Zr-2. The van der Waals surface area contributed by atoms with Gasteiger partial charge in [-0.1, -0.05) is 95.2 Å². The third-order valence-corrected chi connectivity index (χ3v) is 5.18. The fourth-order valence-corrected chi connectivity index (χ4v) is 3.76. The first kappa shape index (κ1) is 31.1. The quantitative estimate of drug-likeness (QED) is 0.434. The van der Waals surface area contributed by atoms with Crippen molar-refractivity contribution >= 4 is 24.8 Å². The van der Waals surface area contributed by atoms with Gasteiger partial charge < -0.3 is 24.8 Å². The van der Waals surface area contributed by atoms with Gasteiger partial charge in [-0.3, -0.25) is 6.08 Å². The van der Waals surface area contributed by atoms with Crippen molar-refractivity contribution in [1.29, 1.82) is 0 Å². The molecule has 0 saturated heterocycles. The van der Waals surface area contributed by atoms with Crippen LogP contribution in [0.5, 0.6) is 0 Å². The Kier molecular flexibility index (Phi) is 14.0. The maximum absolute atomic E-state index is 3.57. The monoisotopic (exact) mass is 544 g/mol. The molecule has 0 saturated carbocycles. The van der Waals surface area contributed by atoms with Crippen molar-refractivity contribution < 1.29 is 49.0 Å². The largest absolute Gasteiger partial charge is 1.00 e. The summed E-state index contributed by atoms with van der Waals surface area (Å²) >= 11 is 1.55. The normalized spacial score (nSPS) is 14.7. The molecular weight excluding hydrogens is 510 g/mol. The Balaban J connectivity index is 0.000000490. The summed E-state index contributed by atoms with van der Waals surface area (Å²) < 4.78 is 1.51. The molecule has 0 aromatic heterocycles. The van der Waals surface area contributed by atoms with E-state index in [-0.39, 0.29) is 24.8 Å². The van der Waals surface area contributed by atoms with Crippen molar-refractivity contribution in [3.05, 3.63) is 77.9 Å². The maximum Gasteiger partial charge on any atom is -0.0771 e. The zero-order valence-corrected chi connectivity index (χ0v) is 24.5. The smallest absolute Gasteiger partial charge is 0.0771 e. The average Bonchev–Trinajstić information content (AvgIpc) is 3.29. The van der Waals surface area contributed by atoms with Crippen molar-refractivity contribution in [2.24, 2.45) is 11.3 Å². The van der Waals surface area contributed by atoms with Gasteiger partial charge in [0.25, 0.3) is 0 Å². The van der Waals surface area contributed by atoms with E-state index in [4.69, 9.17) is 0 Å². The van der Waals surface area contributed by atoms with Gasteiger partial charge in [0, 0.05) is 0 Å². The van der Waals surface area contributed by atoms with Crippen LogP contribution in [-0.2, 0) is 24.2 Å². The fraction of sp³-hybridized carbons (Fsp3) is 0.379. The minimum absolute atomic E-state index is 0. The summed E-state index contributed by atoms with van der Waals surface area (Å²) in [5.41, 5.74) is 3.25. The number of hydrogen-bond donors (Lipinski definition) is 0. The predicted molar refractivity (Wildman–Crippen MR) is 132 cm³/mol. The van der Waals surface area contributed by atoms with Gasteiger partial charge in [0.1, 0.15) is 0 Å². The van der Waals surface area contributed by atoms with Crippen LogP contribution in [0.25, 0.3) is 21.5 Å². The van der Waals surface area contributed by atoms with Crippen molar-refractivity contribution in [2.45, 2.75) is 61.3 Å². The molecule has 32 heavy (non-hydrogen) atoms. The summed E-state index contributed by atoms with van der Waals surface area (Å²) in [5, 5.41) is 5.39. The molecule has 0 amide bonds. The number of allylic oxidation sites excluding steroid dienone is 4. The van der Waals surface area contributed by atoms with Gasteiger partial charge in [-0.2, -0.15) is 11.6 Å². The number of rotatable bonds is 2. The van der Waals surface area contributed by atoms with E-state index in [1.165, 1.54) is 42.3 Å². The van der Waals surface area contributed by atoms with E-state index in [1.807, 2.05) is 0 Å². The molecule has 1 atom stereocenters. The summed E-state index contributed by atoms with van der Waals surface area (Å²) in [4.78, 5) is 0. The van der Waals surface area contributed by atoms with Crippen molar-refractivity contribution in [3.63, 3.8) is 0 Å². The molecule has 0 bridgehead atoms. The second-order valence-corrected chi connectivity index (χ2v) is 11.6. The topological polar surface area (TPSA) is 0 Å². The third kappa shape index (κ3) is 8.81. The minimum atomic E-state index is 0. The first-order valence-corrected chi connectivity index (χ1v) is 12.3. The third-order valence-electron chi connectivity index (χ3n) is 5.18. The van der Waals surface area contributed by atoms with E-state index in [0.29, 0.717) is 11.3 Å². The average molecular weight is 547 g/mol. The van der Waals surface area contributed by atoms with Crippen molar-refractivity contribution in [1.82, 2.24) is 0 Å². The van der Waals surface area contributed by atoms with Crippen LogP contribution in [0.15, 0.2) is 71.8 Å². The molecule has 0 aliphatic heterocycles. The Hall–Kier alpha value is -0.877. The van der Waals surface area contributed by atoms with E-state index in [9.17, 15) is 0 Å². The molecule has 0 fully saturated rings. The Morgan fingerprint density at radius 2 is 1.34 bits per heavy atom. The van der Waals surface area contributed by atoms with Crippen LogP contribution in [0.3, 0.4) is 0 Å². The first-order chi connectivity index (χ1) is 14.2. The van der Waals surface area contributed by atoms with Crippen molar-refractivity contribution in [2.75, 3.05) is 0 Å². The molecule has 0 N–H and O–H groups in total. The molecule has 0 nitrogen and oxygen atoms in total. The van der Waals surface area contributed by atoms with Gasteiger partial charge >= 0.3 is 41.3 Å². The molecule has 4 rings (SSSR count). The van der Waals surface area contributed by atoms with E-state index in [2.05, 4.69) is 115 Å². The zero-order chi connectivity index (χ0) is 22.3. The number of fused-ring (bicyclic) bond motifs is 3. The second-order valence-electron chi connectivity index (χ2n) is 9.14. The van der Waals surface area contributed by atoms with Gasteiger partial charge in [0.2, 0.25) is 0 Å². The van der Waals surface area contributed by atoms with Crippen LogP contribution in [0.2, 0.25) is 0 Å². The molecule has 0 spiro atoms. The fourth-order valence-electron chi connectivity index (χ4n) is 3.76. The number of benzene rings is 2. The maximum atomic E-state index is 3.57. The van der Waals surface area contributed by atoms with Gasteiger partial charge in [0.05, 0.1) is 0 Å². The van der Waals surface area contributed by atoms with E-state index in [0.717, 1.165) is 6.42 Å². The molecule has 0 heterocycles. The predicted octanol–water partition coefficient (Wildman–Crippen LogP) is 2.60. The van der Waals surface area contributed by atoms with Crippen molar-refractivity contribution in [3.8, 4) is 0 Å². The summed E-state index contributed by atoms with van der Waals surface area (Å²) in [5.74, 6) is 0.573. The van der Waals surface area contributed by atoms with Crippen LogP contribution in [-0.4, -0.2) is 3.21 Å². The molecule has 1 aliphatic rings. The van der Waals surface area contributed by atoms with Crippen LogP contribution in [0, 0.1) is 17.4 Å². The Labute approximate surface area is 223 Å². The van der Waals surface area contributed by atoms with Gasteiger partial charge in [-0.05, 0) is 0 Å². The Morgan fingerprint density at radius 1 is 0.906 bits per heavy atom. The van der Waals surface area contributed by atoms with E-state index >= 15 is 0 Å². The van der Waals surface area contributed by atoms with Gasteiger partial charge in [-0.25, -0.2) is 5.57 Å². The summed E-state index contributed by atoms with van der Waals surface area (Å²) in [7, 11) is 0. The zero-order valence-electron chi connectivity index (χ0n) is 20.5. The summed E-state index contributed by atoms with van der Waals surface area (Å²) in [6.45, 7) is 15.6. The van der Waals surface area contributed by atoms with Crippen LogP contribution in [0.4, 0.5) is 0 Å². The standard InChI is InChI=1S/C13H9.C13H21.C3H6.2ClH.Zr/c1-3-7-12-10(5-1)9-11-6-2-4-8-13(11)12;1-6-10-8-11(7-2)12(9-10)13(3,4)5;1-3-2;;;/h1-9H;9-10H,6-7H2,1-5H3;1-2H3;2*1H;/q2*-1;;;;+2/p-2. The molecule has 3 heteroatoms. The molecule has 172 valence electrons. The Morgan fingerprint density at radius 3 is 1.69 bits per heavy atom. The summed E-state index contributed by atoms with van der Waals surface area (Å²) in [6.07, 6.45) is 8.28. The van der Waals surface area contributed by atoms with Crippen LogP contribution >= 0.6 is 0 Å². The van der Waals surface area contributed by atoms with Gasteiger partial charge in [-0.15, -0.1) is 39.7 Å². The van der Waals surface area contributed by atoms with E-state index < -0.39 is 0 Å². The van der Waals surface area contributed by atoms with Crippen LogP contribution in [0.1, 0.15) is 61.3 Å². The van der Waals surface area contributed by atoms with E-state index in [1.54, 1.807) is 24.2 Å². The SMILES string of the molecule is CCC1=[C-]C(CC)C=C1C(C)(C)C.C[C](C)=[Zr+2].[Cl-].[Cl-].c1ccc2c(c1)[cH-]c1ccccc12. The molecule has 1 unspecified atom stereocenters. The number of hydrogen-bond acceptors (Lipinski definition) is 0. The molecule has 1 aliphatic carbocycles. The second kappa shape index (κ2) is 14.4. The van der Waals surface area contributed by atoms with Crippen LogP contribution < -0.4 is 24.8 Å². The molecule has 0 radical (unpaired) electrons. The Bertz CT molecular complexity index is 993.